The van der Waals surface area contributed by atoms with Crippen molar-refractivity contribution < 1.29 is 19.3 Å². The Hall–Kier alpha value is -1.80. The Bertz CT molecular complexity index is 820. The van der Waals surface area contributed by atoms with Gasteiger partial charge in [0.2, 0.25) is 0 Å². The lowest BCUT2D eigenvalue weighted by atomic mass is 9.99. The summed E-state index contributed by atoms with van der Waals surface area (Å²) in [5, 5.41) is 13.4. The zero-order valence-electron chi connectivity index (χ0n) is 21.0. The number of aliphatic hydroxyl groups is 1. The minimum atomic E-state index is -0.405. The third-order valence-corrected chi connectivity index (χ3v) is 6.49. The van der Waals surface area contributed by atoms with E-state index in [4.69, 9.17) is 19.9 Å². The van der Waals surface area contributed by atoms with Crippen molar-refractivity contribution in [3.05, 3.63) is 71.8 Å². The van der Waals surface area contributed by atoms with Crippen LogP contribution in [0.1, 0.15) is 71.2 Å². The molecule has 8 atom stereocenters. The molecule has 5 rings (SSSR count). The highest BCUT2D eigenvalue weighted by Crippen LogP contribution is 2.31. The number of hydrogen-bond donors (Lipinski definition) is 3. The van der Waals surface area contributed by atoms with Crippen LogP contribution in [-0.4, -0.2) is 54.9 Å². The molecule has 0 saturated carbocycles. The largest absolute Gasteiger partial charge is 0.389 e. The summed E-state index contributed by atoms with van der Waals surface area (Å²) in [4.78, 5) is 0. The number of nitrogens with one attached hydrogen (secondary N) is 1. The Morgan fingerprint density at radius 3 is 1.89 bits per heavy atom. The Labute approximate surface area is 212 Å². The highest BCUT2D eigenvalue weighted by Gasteiger charge is 2.43. The zero-order valence-corrected chi connectivity index (χ0v) is 21.0. The molecule has 3 fully saturated rings. The fourth-order valence-corrected chi connectivity index (χ4v) is 4.24. The Kier molecular flexibility index (Phi) is 12.3. The number of ether oxygens (including phenoxy) is 3. The van der Waals surface area contributed by atoms with Crippen molar-refractivity contribution in [2.45, 2.75) is 96.6 Å². The minimum absolute atomic E-state index is 0. The molecule has 3 heterocycles. The van der Waals surface area contributed by atoms with Gasteiger partial charge in [0.05, 0.1) is 37.6 Å². The molecule has 2 aromatic rings. The number of fused-ring (bicyclic) bond motifs is 1. The monoisotopic (exact) mass is 486 g/mol. The standard InChI is InChI=1S/C14H21NO2.C8H11N.C6H10O2.CH4/c1-10-8-13(14(16)9-17-10)15-11(2)12-6-4-3-5-7-12;1-7(9)8-5-3-2-4-6-8;1-4-2-5-6(8-5)3-7-4;/h3-7,10-11,13-16H,8-9H2,1-2H3;2-7H,9H2,1H3;4-6H,2-3H2,1H3;1H4/t10-,11-,13-,14-;7-;4-,5?,6?;/m010./s1. The van der Waals surface area contributed by atoms with Gasteiger partial charge in [-0.05, 0) is 45.2 Å². The van der Waals surface area contributed by atoms with Crippen LogP contribution in [0.3, 0.4) is 0 Å². The summed E-state index contributed by atoms with van der Waals surface area (Å²) in [5.74, 6) is 0. The molecule has 0 radical (unpaired) electrons. The first-order chi connectivity index (χ1) is 16.3. The number of rotatable bonds is 4. The summed E-state index contributed by atoms with van der Waals surface area (Å²) in [5.41, 5.74) is 8.05. The van der Waals surface area contributed by atoms with Crippen molar-refractivity contribution in [2.75, 3.05) is 13.2 Å². The van der Waals surface area contributed by atoms with Gasteiger partial charge in [0, 0.05) is 24.5 Å². The quantitative estimate of drug-likeness (QED) is 0.539. The highest BCUT2D eigenvalue weighted by molar-refractivity contribution is 5.18. The van der Waals surface area contributed by atoms with Gasteiger partial charge in [-0.1, -0.05) is 68.1 Å². The van der Waals surface area contributed by atoms with Crippen LogP contribution in [0.25, 0.3) is 0 Å². The van der Waals surface area contributed by atoms with E-state index in [-0.39, 0.29) is 31.7 Å². The fourth-order valence-electron chi connectivity index (χ4n) is 4.24. The molecule has 0 aromatic heterocycles. The van der Waals surface area contributed by atoms with Crippen molar-refractivity contribution in [3.63, 3.8) is 0 Å². The van der Waals surface area contributed by atoms with Crippen LogP contribution in [0.4, 0.5) is 0 Å². The Balaban J connectivity index is 0.000000202. The summed E-state index contributed by atoms with van der Waals surface area (Å²) in [6.45, 7) is 9.51. The van der Waals surface area contributed by atoms with Crippen LogP contribution in [0.2, 0.25) is 0 Å². The van der Waals surface area contributed by atoms with Gasteiger partial charge in [-0.2, -0.15) is 0 Å². The summed E-state index contributed by atoms with van der Waals surface area (Å²) in [6, 6.07) is 20.9. The molecule has 0 bridgehead atoms. The van der Waals surface area contributed by atoms with Crippen molar-refractivity contribution in [2.24, 2.45) is 5.73 Å². The molecular formula is C29H46N2O4. The fraction of sp³-hybridized carbons (Fsp3) is 0.586. The number of hydrogen-bond acceptors (Lipinski definition) is 6. The SMILES string of the molecule is C.C[C@@H](N)c1ccccc1.C[C@H](N[C@H]1C[C@H](C)OC[C@@H]1O)c1ccccc1.C[C@H]1CC2OC2CO1. The van der Waals surface area contributed by atoms with Gasteiger partial charge < -0.3 is 30.4 Å². The number of nitrogens with two attached hydrogens (primary N) is 1. The van der Waals surface area contributed by atoms with Gasteiger partial charge in [-0.3, -0.25) is 0 Å². The second kappa shape index (κ2) is 14.7. The van der Waals surface area contributed by atoms with E-state index >= 15 is 0 Å². The predicted molar refractivity (Wildman–Crippen MR) is 142 cm³/mol. The molecule has 0 amide bonds. The van der Waals surface area contributed by atoms with Gasteiger partial charge >= 0.3 is 0 Å². The van der Waals surface area contributed by atoms with Crippen molar-refractivity contribution >= 4 is 0 Å². The molecule has 3 aliphatic rings. The summed E-state index contributed by atoms with van der Waals surface area (Å²) in [6.07, 6.45) is 3.23. The van der Waals surface area contributed by atoms with Gasteiger partial charge in [0.15, 0.2) is 0 Å². The van der Waals surface area contributed by atoms with E-state index in [0.29, 0.717) is 24.9 Å². The normalized spacial score (nSPS) is 30.6. The predicted octanol–water partition coefficient (Wildman–Crippen LogP) is 4.78. The molecule has 6 heteroatoms. The highest BCUT2D eigenvalue weighted by atomic mass is 16.6. The van der Waals surface area contributed by atoms with Crippen LogP contribution >= 0.6 is 0 Å². The van der Waals surface area contributed by atoms with E-state index in [1.54, 1.807) is 0 Å². The van der Waals surface area contributed by atoms with Crippen molar-refractivity contribution in [1.29, 1.82) is 0 Å². The third kappa shape index (κ3) is 10.00. The topological polar surface area (TPSA) is 89.3 Å². The zero-order chi connectivity index (χ0) is 24.5. The maximum atomic E-state index is 9.90. The van der Waals surface area contributed by atoms with Crippen molar-refractivity contribution in [3.8, 4) is 0 Å². The molecule has 4 N–H and O–H groups in total. The Morgan fingerprint density at radius 2 is 1.37 bits per heavy atom. The molecule has 2 unspecified atom stereocenters. The molecule has 3 aliphatic heterocycles. The van der Waals surface area contributed by atoms with E-state index in [1.165, 1.54) is 11.1 Å². The molecule has 196 valence electrons. The van der Waals surface area contributed by atoms with Gasteiger partial charge in [0.25, 0.3) is 0 Å². The maximum Gasteiger partial charge on any atom is 0.108 e. The molecule has 2 aromatic carbocycles. The van der Waals surface area contributed by atoms with E-state index in [0.717, 1.165) is 19.4 Å². The smallest absolute Gasteiger partial charge is 0.108 e. The van der Waals surface area contributed by atoms with Gasteiger partial charge in [-0.15, -0.1) is 0 Å². The lowest BCUT2D eigenvalue weighted by Crippen LogP contribution is -2.49. The minimum Gasteiger partial charge on any atom is -0.389 e. The van der Waals surface area contributed by atoms with Crippen LogP contribution in [0, 0.1) is 0 Å². The van der Waals surface area contributed by atoms with Gasteiger partial charge in [-0.25, -0.2) is 0 Å². The summed E-state index contributed by atoms with van der Waals surface area (Å²) in [7, 11) is 0. The number of epoxide rings is 1. The first-order valence-electron chi connectivity index (χ1n) is 12.5. The maximum absolute atomic E-state index is 9.90. The molecule has 6 nitrogen and oxygen atoms in total. The van der Waals surface area contributed by atoms with Gasteiger partial charge in [0.1, 0.15) is 6.10 Å². The molecule has 0 aliphatic carbocycles. The van der Waals surface area contributed by atoms with E-state index in [9.17, 15) is 5.11 Å². The molecule has 3 saturated heterocycles. The second-order valence-corrected chi connectivity index (χ2v) is 9.64. The lowest BCUT2D eigenvalue weighted by Gasteiger charge is -2.34. The number of benzene rings is 2. The summed E-state index contributed by atoms with van der Waals surface area (Å²) >= 11 is 0. The van der Waals surface area contributed by atoms with Crippen LogP contribution in [-0.2, 0) is 14.2 Å². The first-order valence-corrected chi connectivity index (χ1v) is 12.5. The first kappa shape index (κ1) is 29.4. The number of aliphatic hydroxyl groups excluding tert-OH is 1. The second-order valence-electron chi connectivity index (χ2n) is 9.64. The average Bonchev–Trinajstić information content (AvgIpc) is 3.62. The van der Waals surface area contributed by atoms with Crippen LogP contribution in [0.15, 0.2) is 60.7 Å². The molecular weight excluding hydrogens is 440 g/mol. The lowest BCUT2D eigenvalue weighted by molar-refractivity contribution is -0.0681. The summed E-state index contributed by atoms with van der Waals surface area (Å²) < 4.78 is 15.9. The van der Waals surface area contributed by atoms with Crippen LogP contribution < -0.4 is 11.1 Å². The Morgan fingerprint density at radius 1 is 0.829 bits per heavy atom. The van der Waals surface area contributed by atoms with Crippen molar-refractivity contribution in [1.82, 2.24) is 5.32 Å². The average molecular weight is 487 g/mol. The van der Waals surface area contributed by atoms with E-state index in [2.05, 4.69) is 31.3 Å². The third-order valence-electron chi connectivity index (χ3n) is 6.49. The molecule has 35 heavy (non-hydrogen) atoms. The van der Waals surface area contributed by atoms with E-state index < -0.39 is 6.10 Å². The molecule has 0 spiro atoms. The van der Waals surface area contributed by atoms with Crippen LogP contribution in [0.5, 0.6) is 0 Å². The van der Waals surface area contributed by atoms with E-state index in [1.807, 2.05) is 62.4 Å².